The van der Waals surface area contributed by atoms with E-state index in [-0.39, 0.29) is 5.91 Å². The fraction of sp³-hybridized carbons (Fsp3) is 0.0833. The summed E-state index contributed by atoms with van der Waals surface area (Å²) in [6.45, 7) is 1.89. The number of carbonyl (C=O) groups is 1. The maximum Gasteiger partial charge on any atom is 0.271 e. The third kappa shape index (κ3) is 4.90. The lowest BCUT2D eigenvalue weighted by atomic mass is 10.0. The standard InChI is InChI=1S/C24H20N4OS/c1-17(21-12-11-19-5-2-3-6-22(19)15-21)27-28-23(29)20-9-7-18(8-10-20)16-30-24-25-13-4-14-26-24/h2-15H,16H2,1H3,(H,28,29). The molecule has 0 saturated heterocycles. The average molecular weight is 413 g/mol. The highest BCUT2D eigenvalue weighted by atomic mass is 32.2. The topological polar surface area (TPSA) is 67.2 Å². The number of hydrogen-bond donors (Lipinski definition) is 1. The van der Waals surface area contributed by atoms with E-state index in [4.69, 9.17) is 0 Å². The quantitative estimate of drug-likeness (QED) is 0.208. The summed E-state index contributed by atoms with van der Waals surface area (Å²) in [7, 11) is 0. The minimum Gasteiger partial charge on any atom is -0.267 e. The van der Waals surface area contributed by atoms with Crippen LogP contribution in [0.2, 0.25) is 0 Å². The first kappa shape index (κ1) is 19.8. The molecular weight excluding hydrogens is 392 g/mol. The fourth-order valence-corrected chi connectivity index (χ4v) is 3.70. The van der Waals surface area contributed by atoms with Crippen molar-refractivity contribution in [2.75, 3.05) is 0 Å². The van der Waals surface area contributed by atoms with E-state index in [9.17, 15) is 4.79 Å². The zero-order valence-corrected chi connectivity index (χ0v) is 17.3. The number of nitrogens with one attached hydrogen (secondary N) is 1. The van der Waals surface area contributed by atoms with E-state index in [2.05, 4.69) is 44.8 Å². The van der Waals surface area contributed by atoms with Gasteiger partial charge in [0.2, 0.25) is 0 Å². The van der Waals surface area contributed by atoms with Gasteiger partial charge in [0.1, 0.15) is 0 Å². The zero-order chi connectivity index (χ0) is 20.8. The summed E-state index contributed by atoms with van der Waals surface area (Å²) in [6, 6.07) is 23.6. The zero-order valence-electron chi connectivity index (χ0n) is 16.4. The van der Waals surface area contributed by atoms with Crippen LogP contribution in [0.4, 0.5) is 0 Å². The van der Waals surface area contributed by atoms with Crippen LogP contribution in [0.1, 0.15) is 28.4 Å². The molecule has 0 fully saturated rings. The lowest BCUT2D eigenvalue weighted by Gasteiger charge is -2.06. The van der Waals surface area contributed by atoms with Gasteiger partial charge in [-0.25, -0.2) is 15.4 Å². The van der Waals surface area contributed by atoms with Crippen LogP contribution in [-0.4, -0.2) is 21.6 Å². The first-order valence-electron chi connectivity index (χ1n) is 9.51. The van der Waals surface area contributed by atoms with Gasteiger partial charge < -0.3 is 0 Å². The van der Waals surface area contributed by atoms with Crippen LogP contribution in [0.3, 0.4) is 0 Å². The van der Waals surface area contributed by atoms with E-state index in [1.54, 1.807) is 42.4 Å². The summed E-state index contributed by atoms with van der Waals surface area (Å²) in [5.74, 6) is 0.506. The molecule has 4 rings (SSSR count). The van der Waals surface area contributed by atoms with Crippen molar-refractivity contribution < 1.29 is 4.79 Å². The van der Waals surface area contributed by atoms with Gasteiger partial charge in [-0.1, -0.05) is 60.3 Å². The minimum atomic E-state index is -0.235. The highest BCUT2D eigenvalue weighted by Crippen LogP contribution is 2.19. The number of benzene rings is 3. The monoisotopic (exact) mass is 412 g/mol. The molecule has 4 aromatic rings. The highest BCUT2D eigenvalue weighted by Gasteiger charge is 2.06. The van der Waals surface area contributed by atoms with Crippen LogP contribution in [0.5, 0.6) is 0 Å². The van der Waals surface area contributed by atoms with Gasteiger partial charge in [-0.3, -0.25) is 4.79 Å². The van der Waals surface area contributed by atoms with Crippen molar-refractivity contribution >= 4 is 34.2 Å². The molecule has 1 heterocycles. The van der Waals surface area contributed by atoms with E-state index >= 15 is 0 Å². The summed E-state index contributed by atoms with van der Waals surface area (Å²) in [6.07, 6.45) is 3.45. The molecule has 5 nitrogen and oxygen atoms in total. The van der Waals surface area contributed by atoms with Crippen molar-refractivity contribution in [1.29, 1.82) is 0 Å². The van der Waals surface area contributed by atoms with E-state index in [0.29, 0.717) is 5.56 Å². The smallest absolute Gasteiger partial charge is 0.267 e. The molecule has 0 aliphatic rings. The molecule has 3 aromatic carbocycles. The lowest BCUT2D eigenvalue weighted by Crippen LogP contribution is -2.19. The number of carbonyl (C=O) groups excluding carboxylic acids is 1. The van der Waals surface area contributed by atoms with Crippen molar-refractivity contribution in [3.05, 3.63) is 102 Å². The van der Waals surface area contributed by atoms with Crippen molar-refractivity contribution in [2.45, 2.75) is 17.8 Å². The van der Waals surface area contributed by atoms with E-state index in [0.717, 1.165) is 33.1 Å². The number of hydrogen-bond acceptors (Lipinski definition) is 5. The molecule has 0 aliphatic heterocycles. The molecule has 148 valence electrons. The van der Waals surface area contributed by atoms with E-state index in [1.165, 1.54) is 5.39 Å². The van der Waals surface area contributed by atoms with Gasteiger partial charge in [0, 0.05) is 23.7 Å². The first-order valence-corrected chi connectivity index (χ1v) is 10.5. The predicted octanol–water partition coefficient (Wildman–Crippen LogP) is 5.08. The molecule has 30 heavy (non-hydrogen) atoms. The van der Waals surface area contributed by atoms with Crippen LogP contribution in [0.15, 0.2) is 95.4 Å². The number of thioether (sulfide) groups is 1. The molecule has 0 aliphatic carbocycles. The second-order valence-corrected chi connectivity index (χ2v) is 7.66. The lowest BCUT2D eigenvalue weighted by molar-refractivity contribution is 0.0955. The molecule has 1 amide bonds. The van der Waals surface area contributed by atoms with Gasteiger partial charge in [0.15, 0.2) is 5.16 Å². The Balaban J connectivity index is 1.37. The summed E-state index contributed by atoms with van der Waals surface area (Å²) in [4.78, 5) is 20.8. The Bertz CT molecular complexity index is 1190. The Hall–Kier alpha value is -3.51. The number of rotatable bonds is 6. The Morgan fingerprint density at radius 3 is 2.37 bits per heavy atom. The molecule has 0 spiro atoms. The second-order valence-electron chi connectivity index (χ2n) is 6.72. The molecule has 0 saturated carbocycles. The van der Waals surface area contributed by atoms with Gasteiger partial charge in [0.25, 0.3) is 5.91 Å². The van der Waals surface area contributed by atoms with Gasteiger partial charge in [-0.15, -0.1) is 0 Å². The number of amides is 1. The maximum absolute atomic E-state index is 12.4. The number of fused-ring (bicyclic) bond motifs is 1. The Morgan fingerprint density at radius 2 is 1.60 bits per heavy atom. The first-order chi connectivity index (χ1) is 14.7. The highest BCUT2D eigenvalue weighted by molar-refractivity contribution is 7.98. The molecule has 0 atom stereocenters. The van der Waals surface area contributed by atoms with Crippen molar-refractivity contribution in [2.24, 2.45) is 5.10 Å². The van der Waals surface area contributed by atoms with Crippen molar-refractivity contribution in [1.82, 2.24) is 15.4 Å². The molecular formula is C24H20N4OS. The van der Waals surface area contributed by atoms with Gasteiger partial charge in [-0.2, -0.15) is 5.10 Å². The largest absolute Gasteiger partial charge is 0.271 e. The third-order valence-electron chi connectivity index (χ3n) is 4.62. The number of aromatic nitrogens is 2. The molecule has 1 aromatic heterocycles. The summed E-state index contributed by atoms with van der Waals surface area (Å²) < 4.78 is 0. The predicted molar refractivity (Wildman–Crippen MR) is 122 cm³/mol. The maximum atomic E-state index is 12.4. The van der Waals surface area contributed by atoms with Crippen molar-refractivity contribution in [3.63, 3.8) is 0 Å². The second kappa shape index (κ2) is 9.33. The van der Waals surface area contributed by atoms with Crippen LogP contribution in [-0.2, 0) is 5.75 Å². The van der Waals surface area contributed by atoms with Crippen LogP contribution in [0.25, 0.3) is 10.8 Å². The fourth-order valence-electron chi connectivity index (χ4n) is 2.94. The molecule has 1 N–H and O–H groups in total. The average Bonchev–Trinajstić information content (AvgIpc) is 2.81. The Morgan fingerprint density at radius 1 is 0.900 bits per heavy atom. The van der Waals surface area contributed by atoms with Crippen LogP contribution < -0.4 is 5.43 Å². The minimum absolute atomic E-state index is 0.235. The summed E-state index contributed by atoms with van der Waals surface area (Å²) in [5.41, 5.74) is 6.04. The Kier molecular flexibility index (Phi) is 6.15. The molecule has 0 unspecified atom stereocenters. The molecule has 0 radical (unpaired) electrons. The molecule has 0 bridgehead atoms. The van der Waals surface area contributed by atoms with Crippen molar-refractivity contribution in [3.8, 4) is 0 Å². The molecule has 6 heteroatoms. The van der Waals surface area contributed by atoms with E-state index < -0.39 is 0 Å². The van der Waals surface area contributed by atoms with Gasteiger partial charge in [0.05, 0.1) is 5.71 Å². The van der Waals surface area contributed by atoms with Gasteiger partial charge in [-0.05, 0) is 53.1 Å². The van der Waals surface area contributed by atoms with E-state index in [1.807, 2.05) is 37.3 Å². The Labute approximate surface area is 179 Å². The number of nitrogens with zero attached hydrogens (tertiary/aromatic N) is 3. The third-order valence-corrected chi connectivity index (χ3v) is 5.57. The summed E-state index contributed by atoms with van der Waals surface area (Å²) >= 11 is 1.56. The SMILES string of the molecule is CC(=NNC(=O)c1ccc(CSc2ncccn2)cc1)c1ccc2ccccc2c1. The van der Waals surface area contributed by atoms with Gasteiger partial charge >= 0.3 is 0 Å². The summed E-state index contributed by atoms with van der Waals surface area (Å²) in [5, 5.41) is 7.33. The van der Waals surface area contributed by atoms with Crippen LogP contribution in [0, 0.1) is 0 Å². The number of hydrazone groups is 1. The van der Waals surface area contributed by atoms with Crippen LogP contribution >= 0.6 is 11.8 Å². The normalized spacial score (nSPS) is 11.4.